The molecule has 0 N–H and O–H groups in total. The van der Waals surface area contributed by atoms with Crippen LogP contribution in [0.15, 0.2) is 59.8 Å². The van der Waals surface area contributed by atoms with Gasteiger partial charge in [0.05, 0.1) is 10.7 Å². The van der Waals surface area contributed by atoms with Crippen molar-refractivity contribution in [1.82, 2.24) is 0 Å². The first kappa shape index (κ1) is 19.9. The number of nitrogens with zero attached hydrogens (tertiary/aromatic N) is 1. The average Bonchev–Trinajstić information content (AvgIpc) is 2.67. The second-order valence-electron chi connectivity index (χ2n) is 8.83. The summed E-state index contributed by atoms with van der Waals surface area (Å²) in [7, 11) is 0. The van der Waals surface area contributed by atoms with Gasteiger partial charge in [0.2, 0.25) is 5.91 Å². The molecule has 29 heavy (non-hydrogen) atoms. The lowest BCUT2D eigenvalue weighted by Crippen LogP contribution is -2.43. The Morgan fingerprint density at radius 3 is 2.38 bits per heavy atom. The Morgan fingerprint density at radius 1 is 1.03 bits per heavy atom. The van der Waals surface area contributed by atoms with Crippen molar-refractivity contribution in [3.63, 3.8) is 0 Å². The normalized spacial score (nSPS) is 21.4. The minimum Gasteiger partial charge on any atom is -0.294 e. The van der Waals surface area contributed by atoms with Crippen LogP contribution in [0.5, 0.6) is 0 Å². The lowest BCUT2D eigenvalue weighted by molar-refractivity contribution is -0.121. The molecular formula is C25H26ClNO2. The van der Waals surface area contributed by atoms with Gasteiger partial charge in [-0.2, -0.15) is 0 Å². The molecule has 0 fully saturated rings. The highest BCUT2D eigenvalue weighted by atomic mass is 35.5. The number of rotatable bonds is 3. The molecule has 3 nitrogen and oxygen atoms in total. The van der Waals surface area contributed by atoms with Gasteiger partial charge < -0.3 is 0 Å². The van der Waals surface area contributed by atoms with Gasteiger partial charge in [-0.05, 0) is 41.5 Å². The predicted molar refractivity (Wildman–Crippen MR) is 117 cm³/mol. The first-order chi connectivity index (χ1) is 13.8. The molecular weight excluding hydrogens is 382 g/mol. The highest BCUT2D eigenvalue weighted by Crippen LogP contribution is 2.48. The van der Waals surface area contributed by atoms with Crippen molar-refractivity contribution >= 4 is 29.0 Å². The Morgan fingerprint density at radius 2 is 1.72 bits per heavy atom. The van der Waals surface area contributed by atoms with Crippen molar-refractivity contribution < 1.29 is 9.59 Å². The molecule has 4 heteroatoms. The van der Waals surface area contributed by atoms with E-state index in [2.05, 4.69) is 45.0 Å². The van der Waals surface area contributed by atoms with E-state index in [1.54, 1.807) is 11.0 Å². The number of carbonyl (C=O) groups is 2. The predicted octanol–water partition coefficient (Wildman–Crippen LogP) is 6.07. The molecule has 0 spiro atoms. The van der Waals surface area contributed by atoms with Gasteiger partial charge in [0.1, 0.15) is 0 Å². The Hall–Kier alpha value is -2.39. The lowest BCUT2D eigenvalue weighted by Gasteiger charge is -2.43. The van der Waals surface area contributed by atoms with Gasteiger partial charge >= 0.3 is 0 Å². The molecule has 150 valence electrons. The number of allylic oxidation sites excluding steroid dienone is 2. The molecule has 2 aromatic rings. The molecule has 4 rings (SSSR count). The maximum Gasteiger partial charge on any atom is 0.232 e. The van der Waals surface area contributed by atoms with Crippen LogP contribution in [0.25, 0.3) is 0 Å². The van der Waals surface area contributed by atoms with Crippen LogP contribution in [0, 0.1) is 5.41 Å². The topological polar surface area (TPSA) is 37.4 Å². The van der Waals surface area contributed by atoms with Gasteiger partial charge in [0, 0.05) is 30.0 Å². The van der Waals surface area contributed by atoms with E-state index < -0.39 is 0 Å². The number of amides is 1. The van der Waals surface area contributed by atoms with Gasteiger partial charge in [-0.25, -0.2) is 0 Å². The fraction of sp³-hybridized carbons (Fsp3) is 0.360. The number of ketones is 1. The van der Waals surface area contributed by atoms with E-state index in [9.17, 15) is 9.59 Å². The van der Waals surface area contributed by atoms with E-state index in [0.717, 1.165) is 23.3 Å². The number of para-hydroxylation sites is 1. The van der Waals surface area contributed by atoms with Crippen LogP contribution in [0.2, 0.25) is 5.02 Å². The third kappa shape index (κ3) is 3.64. The first-order valence-corrected chi connectivity index (χ1v) is 10.6. The summed E-state index contributed by atoms with van der Waals surface area (Å²) < 4.78 is 0. The molecule has 1 aliphatic heterocycles. The van der Waals surface area contributed by atoms with E-state index >= 15 is 0 Å². The Kier molecular flexibility index (Phi) is 5.12. The van der Waals surface area contributed by atoms with Gasteiger partial charge in [-0.1, -0.05) is 68.8 Å². The molecule has 1 unspecified atom stereocenters. The zero-order valence-electron chi connectivity index (χ0n) is 17.2. The standard InChI is InChI=1S/C25H26ClNO2/c1-4-16-9-11-17(12-10-16)18-13-23(29)27(20-8-6-5-7-19(20)26)21-14-25(2,3)15-22(28)24(18)21/h5-12,18H,4,13-15H2,1-3H3. The molecule has 1 atom stereocenters. The van der Waals surface area contributed by atoms with Crippen LogP contribution in [0.3, 0.4) is 0 Å². The van der Waals surface area contributed by atoms with Crippen molar-refractivity contribution in [2.45, 2.75) is 52.4 Å². The van der Waals surface area contributed by atoms with Crippen LogP contribution >= 0.6 is 11.6 Å². The van der Waals surface area contributed by atoms with Gasteiger partial charge in [0.15, 0.2) is 5.78 Å². The quantitative estimate of drug-likeness (QED) is 0.619. The van der Waals surface area contributed by atoms with Crippen LogP contribution < -0.4 is 4.90 Å². The summed E-state index contributed by atoms with van der Waals surface area (Å²) >= 11 is 6.45. The maximum absolute atomic E-state index is 13.3. The zero-order chi connectivity index (χ0) is 20.8. The van der Waals surface area contributed by atoms with Crippen molar-refractivity contribution in [3.05, 3.63) is 76.0 Å². The summed E-state index contributed by atoms with van der Waals surface area (Å²) in [4.78, 5) is 28.3. The highest BCUT2D eigenvalue weighted by Gasteiger charge is 2.44. The molecule has 0 aromatic heterocycles. The number of anilines is 1. The zero-order valence-corrected chi connectivity index (χ0v) is 17.9. The second-order valence-corrected chi connectivity index (χ2v) is 9.24. The number of hydrogen-bond donors (Lipinski definition) is 0. The summed E-state index contributed by atoms with van der Waals surface area (Å²) in [5, 5.41) is 0.522. The molecule has 0 radical (unpaired) electrons. The number of hydrogen-bond acceptors (Lipinski definition) is 2. The van der Waals surface area contributed by atoms with Crippen LogP contribution in [0.4, 0.5) is 5.69 Å². The van der Waals surface area contributed by atoms with Crippen LogP contribution in [-0.2, 0) is 16.0 Å². The van der Waals surface area contributed by atoms with E-state index in [0.29, 0.717) is 23.6 Å². The summed E-state index contributed by atoms with van der Waals surface area (Å²) in [5.74, 6) is -0.0527. The van der Waals surface area contributed by atoms with E-state index in [-0.39, 0.29) is 29.4 Å². The summed E-state index contributed by atoms with van der Waals surface area (Å²) in [6.07, 6.45) is 2.42. The third-order valence-electron chi connectivity index (χ3n) is 6.03. The molecule has 0 saturated heterocycles. The molecule has 2 aliphatic rings. The first-order valence-electron chi connectivity index (χ1n) is 10.2. The van der Waals surface area contributed by atoms with Gasteiger partial charge in [-0.3, -0.25) is 14.5 Å². The van der Waals surface area contributed by atoms with E-state index in [1.165, 1.54) is 5.56 Å². The fourth-order valence-electron chi connectivity index (χ4n) is 4.60. The van der Waals surface area contributed by atoms with Crippen molar-refractivity contribution in [2.24, 2.45) is 5.41 Å². The third-order valence-corrected chi connectivity index (χ3v) is 6.35. The number of aryl methyl sites for hydroxylation is 1. The van der Waals surface area contributed by atoms with Crippen molar-refractivity contribution in [1.29, 1.82) is 0 Å². The van der Waals surface area contributed by atoms with Gasteiger partial charge in [-0.15, -0.1) is 0 Å². The molecule has 0 saturated carbocycles. The maximum atomic E-state index is 13.3. The minimum absolute atomic E-state index is 0.00748. The monoisotopic (exact) mass is 407 g/mol. The number of halogens is 1. The largest absolute Gasteiger partial charge is 0.294 e. The number of Topliss-reactive ketones (excluding diaryl/α,β-unsaturated/α-hetero) is 1. The summed E-state index contributed by atoms with van der Waals surface area (Å²) in [5.41, 5.74) is 4.36. The van der Waals surface area contributed by atoms with Crippen LogP contribution in [0.1, 0.15) is 57.1 Å². The Labute approximate surface area is 177 Å². The minimum atomic E-state index is -0.191. The molecule has 2 aromatic carbocycles. The lowest BCUT2D eigenvalue weighted by atomic mass is 9.69. The Balaban J connectivity index is 1.88. The van der Waals surface area contributed by atoms with Crippen LogP contribution in [-0.4, -0.2) is 11.7 Å². The Bertz CT molecular complexity index is 1000. The molecule has 0 bridgehead atoms. The van der Waals surface area contributed by atoms with E-state index in [1.807, 2.05) is 18.2 Å². The average molecular weight is 408 g/mol. The highest BCUT2D eigenvalue weighted by molar-refractivity contribution is 6.34. The van der Waals surface area contributed by atoms with Crippen molar-refractivity contribution in [3.8, 4) is 0 Å². The number of carbonyl (C=O) groups excluding carboxylic acids is 2. The molecule has 1 heterocycles. The molecule has 1 aliphatic carbocycles. The SMILES string of the molecule is CCc1ccc(C2CC(=O)N(c3ccccc3Cl)C3=C2C(=O)CC(C)(C)C3)cc1. The van der Waals surface area contributed by atoms with E-state index in [4.69, 9.17) is 11.6 Å². The molecule has 1 amide bonds. The summed E-state index contributed by atoms with van der Waals surface area (Å²) in [6.45, 7) is 6.29. The van der Waals surface area contributed by atoms with Crippen molar-refractivity contribution in [2.75, 3.05) is 4.90 Å². The summed E-state index contributed by atoms with van der Waals surface area (Å²) in [6, 6.07) is 15.7. The van der Waals surface area contributed by atoms with Gasteiger partial charge in [0.25, 0.3) is 0 Å². The fourth-order valence-corrected chi connectivity index (χ4v) is 4.82. The number of benzene rings is 2. The second kappa shape index (κ2) is 7.46. The smallest absolute Gasteiger partial charge is 0.232 e.